The number of fused-ring (bicyclic) bond motifs is 1. The Morgan fingerprint density at radius 2 is 1.87 bits per heavy atom. The van der Waals surface area contributed by atoms with Gasteiger partial charge in [-0.05, 0) is 63.9 Å². The summed E-state index contributed by atoms with van der Waals surface area (Å²) in [5, 5.41) is 5.69. The molecule has 2 heterocycles. The van der Waals surface area contributed by atoms with Gasteiger partial charge in [0.2, 0.25) is 11.8 Å². The molecule has 0 saturated heterocycles. The van der Waals surface area contributed by atoms with Crippen LogP contribution in [0.3, 0.4) is 0 Å². The highest BCUT2D eigenvalue weighted by Gasteiger charge is 2.45. The van der Waals surface area contributed by atoms with E-state index in [1.807, 2.05) is 37.3 Å². The van der Waals surface area contributed by atoms with Crippen LogP contribution in [0.5, 0.6) is 5.88 Å². The second-order valence-electron chi connectivity index (χ2n) is 8.26. The first kappa shape index (κ1) is 21.8. The maximum absolute atomic E-state index is 13.5. The van der Waals surface area contributed by atoms with Crippen molar-refractivity contribution in [1.82, 2.24) is 10.3 Å². The Labute approximate surface area is 177 Å². The van der Waals surface area contributed by atoms with Crippen molar-refractivity contribution in [1.29, 1.82) is 0 Å². The molecule has 0 fully saturated rings. The highest BCUT2D eigenvalue weighted by molar-refractivity contribution is 6.08. The average Bonchev–Trinajstić information content (AvgIpc) is 2.73. The van der Waals surface area contributed by atoms with Crippen LogP contribution in [0.1, 0.15) is 40.5 Å². The zero-order chi connectivity index (χ0) is 21.9. The molecule has 1 aliphatic heterocycles. The van der Waals surface area contributed by atoms with Gasteiger partial charge in [0.05, 0.1) is 6.04 Å². The Bertz CT molecular complexity index is 916. The number of pyridine rings is 1. The Kier molecular flexibility index (Phi) is 6.41. The molecule has 0 radical (unpaired) electrons. The lowest BCUT2D eigenvalue weighted by atomic mass is 9.92. The summed E-state index contributed by atoms with van der Waals surface area (Å²) in [4.78, 5) is 31.9. The summed E-state index contributed by atoms with van der Waals surface area (Å²) in [5.41, 5.74) is 0.277. The van der Waals surface area contributed by atoms with Crippen molar-refractivity contribution in [3.05, 3.63) is 42.5 Å². The van der Waals surface area contributed by atoms with Crippen LogP contribution in [0.2, 0.25) is 0 Å². The summed E-state index contributed by atoms with van der Waals surface area (Å²) in [6.45, 7) is 7.82. The standard InChI is InChI=1S/C23H30N4O3/c1-15(2)13-14-23(4)22(29)27(17-9-7-6-8-10-17)18-11-12-19(26-21(18)30-23)25-20(28)16(3)24-5/h6-12,15-16,24H,13-14H2,1-5H3,(H,25,26,28)/t16?,23-/m0/s1. The van der Waals surface area contributed by atoms with Gasteiger partial charge in [-0.25, -0.2) is 0 Å². The molecule has 2 amide bonds. The molecule has 0 spiro atoms. The van der Waals surface area contributed by atoms with E-state index in [0.717, 1.165) is 12.1 Å². The molecule has 0 aliphatic carbocycles. The minimum atomic E-state index is -1.04. The fourth-order valence-electron chi connectivity index (χ4n) is 3.27. The summed E-state index contributed by atoms with van der Waals surface area (Å²) < 4.78 is 6.17. The van der Waals surface area contributed by atoms with Crippen LogP contribution in [0, 0.1) is 5.92 Å². The zero-order valence-electron chi connectivity index (χ0n) is 18.2. The number of benzene rings is 1. The van der Waals surface area contributed by atoms with E-state index < -0.39 is 5.60 Å². The maximum Gasteiger partial charge on any atom is 0.275 e. The van der Waals surface area contributed by atoms with Crippen LogP contribution in [-0.4, -0.2) is 35.5 Å². The lowest BCUT2D eigenvalue weighted by Gasteiger charge is -2.40. The smallest absolute Gasteiger partial charge is 0.275 e. The molecule has 1 unspecified atom stereocenters. The van der Waals surface area contributed by atoms with Crippen LogP contribution in [0.4, 0.5) is 17.2 Å². The van der Waals surface area contributed by atoms with E-state index in [1.165, 1.54) is 0 Å². The third kappa shape index (κ3) is 4.46. The number of hydrogen-bond acceptors (Lipinski definition) is 5. The van der Waals surface area contributed by atoms with Gasteiger partial charge in [0.25, 0.3) is 5.91 Å². The van der Waals surface area contributed by atoms with Crippen LogP contribution in [0.15, 0.2) is 42.5 Å². The summed E-state index contributed by atoms with van der Waals surface area (Å²) in [5.74, 6) is 0.837. The van der Waals surface area contributed by atoms with E-state index >= 15 is 0 Å². The fraction of sp³-hybridized carbons (Fsp3) is 0.435. The van der Waals surface area contributed by atoms with Gasteiger partial charge in [0.15, 0.2) is 5.60 Å². The van der Waals surface area contributed by atoms with Crippen molar-refractivity contribution >= 4 is 29.0 Å². The van der Waals surface area contributed by atoms with Gasteiger partial charge < -0.3 is 15.4 Å². The number of carbonyl (C=O) groups excluding carboxylic acids is 2. The summed E-state index contributed by atoms with van der Waals surface area (Å²) in [7, 11) is 1.72. The molecule has 0 saturated carbocycles. The first-order chi connectivity index (χ1) is 14.2. The van der Waals surface area contributed by atoms with Crippen molar-refractivity contribution in [3.8, 4) is 5.88 Å². The number of nitrogens with zero attached hydrogens (tertiary/aromatic N) is 2. The molecule has 1 aliphatic rings. The number of rotatable bonds is 7. The SMILES string of the molecule is CNC(C)C(=O)Nc1ccc2c(n1)O[C@@](C)(CCC(C)C)C(=O)N2c1ccccc1. The molecule has 30 heavy (non-hydrogen) atoms. The summed E-state index contributed by atoms with van der Waals surface area (Å²) in [6.07, 6.45) is 1.41. The molecule has 7 heteroatoms. The number of carbonyl (C=O) groups is 2. The van der Waals surface area contributed by atoms with Gasteiger partial charge in [0.1, 0.15) is 11.5 Å². The van der Waals surface area contributed by atoms with Crippen LogP contribution < -0.4 is 20.3 Å². The fourth-order valence-corrected chi connectivity index (χ4v) is 3.27. The van der Waals surface area contributed by atoms with E-state index in [1.54, 1.807) is 31.0 Å². The van der Waals surface area contributed by atoms with E-state index in [9.17, 15) is 9.59 Å². The number of hydrogen-bond donors (Lipinski definition) is 2. The predicted molar refractivity (Wildman–Crippen MR) is 118 cm³/mol. The molecule has 1 aromatic heterocycles. The number of nitrogens with one attached hydrogen (secondary N) is 2. The molecule has 3 rings (SSSR count). The molecule has 160 valence electrons. The number of amides is 2. The number of likely N-dealkylation sites (N-methyl/N-ethyl adjacent to an activating group) is 1. The minimum Gasteiger partial charge on any atom is -0.460 e. The summed E-state index contributed by atoms with van der Waals surface area (Å²) >= 11 is 0. The topological polar surface area (TPSA) is 83.6 Å². The number of aromatic nitrogens is 1. The first-order valence-electron chi connectivity index (χ1n) is 10.3. The second-order valence-corrected chi connectivity index (χ2v) is 8.26. The number of anilines is 3. The van der Waals surface area contributed by atoms with Gasteiger partial charge >= 0.3 is 0 Å². The van der Waals surface area contributed by atoms with Crippen LogP contribution >= 0.6 is 0 Å². The predicted octanol–water partition coefficient (Wildman–Crippen LogP) is 3.88. The van der Waals surface area contributed by atoms with Gasteiger partial charge in [-0.15, -0.1) is 0 Å². The Morgan fingerprint density at radius 3 is 2.50 bits per heavy atom. The highest BCUT2D eigenvalue weighted by Crippen LogP contribution is 2.43. The Morgan fingerprint density at radius 1 is 1.17 bits per heavy atom. The molecule has 0 bridgehead atoms. The average molecular weight is 411 g/mol. The Balaban J connectivity index is 2.01. The van der Waals surface area contributed by atoms with Gasteiger partial charge in [-0.1, -0.05) is 32.0 Å². The Hall–Kier alpha value is -2.93. The van der Waals surface area contributed by atoms with E-state index in [0.29, 0.717) is 29.7 Å². The number of para-hydroxylation sites is 1. The minimum absolute atomic E-state index is 0.121. The van der Waals surface area contributed by atoms with E-state index in [4.69, 9.17) is 4.74 Å². The maximum atomic E-state index is 13.5. The molecule has 2 aromatic rings. The zero-order valence-corrected chi connectivity index (χ0v) is 18.2. The van der Waals surface area contributed by atoms with Crippen LogP contribution in [0.25, 0.3) is 0 Å². The second kappa shape index (κ2) is 8.83. The quantitative estimate of drug-likeness (QED) is 0.724. The van der Waals surface area contributed by atoms with Crippen molar-refractivity contribution < 1.29 is 14.3 Å². The van der Waals surface area contributed by atoms with E-state index in [2.05, 4.69) is 29.5 Å². The van der Waals surface area contributed by atoms with Crippen molar-refractivity contribution in [2.75, 3.05) is 17.3 Å². The highest BCUT2D eigenvalue weighted by atomic mass is 16.5. The van der Waals surface area contributed by atoms with Gasteiger partial charge in [0, 0.05) is 5.69 Å². The molecule has 2 atom stereocenters. The largest absolute Gasteiger partial charge is 0.460 e. The number of ether oxygens (including phenoxy) is 1. The summed E-state index contributed by atoms with van der Waals surface area (Å²) in [6, 6.07) is 12.6. The molecule has 2 N–H and O–H groups in total. The lowest BCUT2D eigenvalue weighted by Crippen LogP contribution is -2.53. The molecule has 1 aromatic carbocycles. The van der Waals surface area contributed by atoms with Gasteiger partial charge in [-0.3, -0.25) is 14.5 Å². The first-order valence-corrected chi connectivity index (χ1v) is 10.3. The van der Waals surface area contributed by atoms with Crippen molar-refractivity contribution in [3.63, 3.8) is 0 Å². The lowest BCUT2D eigenvalue weighted by molar-refractivity contribution is -0.134. The third-order valence-corrected chi connectivity index (χ3v) is 5.35. The molecular weight excluding hydrogens is 380 g/mol. The van der Waals surface area contributed by atoms with Crippen molar-refractivity contribution in [2.24, 2.45) is 5.92 Å². The molecule has 7 nitrogen and oxygen atoms in total. The molecular formula is C23H30N4O3. The van der Waals surface area contributed by atoms with Crippen molar-refractivity contribution in [2.45, 2.75) is 52.2 Å². The third-order valence-electron chi connectivity index (χ3n) is 5.35. The normalized spacial score (nSPS) is 19.3. The monoisotopic (exact) mass is 410 g/mol. The van der Waals surface area contributed by atoms with Gasteiger partial charge in [-0.2, -0.15) is 4.98 Å². The van der Waals surface area contributed by atoms with Crippen LogP contribution in [-0.2, 0) is 9.59 Å². The van der Waals surface area contributed by atoms with E-state index in [-0.39, 0.29) is 17.9 Å².